The molecule has 0 aliphatic heterocycles. The van der Waals surface area contributed by atoms with E-state index < -0.39 is 0 Å². The van der Waals surface area contributed by atoms with Gasteiger partial charge in [0.2, 0.25) is 0 Å². The van der Waals surface area contributed by atoms with Crippen LogP contribution in [0.4, 0.5) is 17.1 Å². The van der Waals surface area contributed by atoms with Crippen molar-refractivity contribution in [3.63, 3.8) is 0 Å². The lowest BCUT2D eigenvalue weighted by molar-refractivity contribution is 1.18. The Kier molecular flexibility index (Phi) is 9.39. The molecule has 3 nitrogen and oxygen atoms in total. The second kappa shape index (κ2) is 16.4. The van der Waals surface area contributed by atoms with Crippen molar-refractivity contribution in [2.24, 2.45) is 0 Å². The van der Waals surface area contributed by atoms with Crippen LogP contribution in [0.3, 0.4) is 0 Å². The van der Waals surface area contributed by atoms with Gasteiger partial charge in [-0.2, -0.15) is 0 Å². The summed E-state index contributed by atoms with van der Waals surface area (Å²) in [7, 11) is 0. The smallest absolute Gasteiger partial charge is 0.0541 e. The molecule has 0 fully saturated rings. The van der Waals surface area contributed by atoms with Crippen LogP contribution >= 0.6 is 11.3 Å². The van der Waals surface area contributed by atoms with Gasteiger partial charge < -0.3 is 14.0 Å². The van der Waals surface area contributed by atoms with Crippen molar-refractivity contribution in [2.75, 3.05) is 4.90 Å². The third-order valence-electron chi connectivity index (χ3n) is 14.2. The van der Waals surface area contributed by atoms with Crippen LogP contribution in [0.25, 0.3) is 109 Å². The van der Waals surface area contributed by atoms with Gasteiger partial charge in [0.25, 0.3) is 0 Å². The summed E-state index contributed by atoms with van der Waals surface area (Å²) in [6, 6.07) is 95.3. The summed E-state index contributed by atoms with van der Waals surface area (Å²) in [6.07, 6.45) is 0. The molecule has 0 saturated heterocycles. The van der Waals surface area contributed by atoms with Gasteiger partial charge in [-0.3, -0.25) is 0 Å². The maximum Gasteiger partial charge on any atom is 0.0541 e. The Morgan fingerprint density at radius 3 is 1.03 bits per heavy atom. The lowest BCUT2D eigenvalue weighted by Crippen LogP contribution is -2.10. The molecular weight excluding hydrogens is 867 g/mol. The molecule has 0 spiro atoms. The van der Waals surface area contributed by atoms with Crippen LogP contribution in [0.2, 0.25) is 0 Å². The van der Waals surface area contributed by atoms with E-state index in [0.717, 1.165) is 39.6 Å². The standard InChI is InChI=1S/C66H43N3S/c1-8-24-58(68-60-26-10-3-18-53(60)54-19-4-11-27-61(54)68)50(16-1)44-32-38-47(39-33-44)67(49-42-36-46(37-43-49)52-23-15-31-65-66(52)57-22-7-14-30-64(57)70-65)48-40-34-45(35-41-48)51-17-2-9-25-59(51)69-62-28-12-5-20-55(62)56-21-6-13-29-63(56)69/h1-43H. The Hall–Kier alpha value is -8.96. The van der Waals surface area contributed by atoms with Crippen LogP contribution in [-0.4, -0.2) is 9.13 Å². The third kappa shape index (κ3) is 6.42. The fraction of sp³-hybridized carbons (Fsp3) is 0. The largest absolute Gasteiger partial charge is 0.311 e. The highest BCUT2D eigenvalue weighted by atomic mass is 32.1. The van der Waals surface area contributed by atoms with Gasteiger partial charge in [-0.05, 0) is 107 Å². The molecule has 0 unspecified atom stereocenters. The lowest BCUT2D eigenvalue weighted by Gasteiger charge is -2.26. The third-order valence-corrected chi connectivity index (χ3v) is 15.3. The van der Waals surface area contributed by atoms with E-state index in [4.69, 9.17) is 0 Å². The fourth-order valence-corrected chi connectivity index (χ4v) is 12.2. The Balaban J connectivity index is 0.884. The molecule has 0 radical (unpaired) electrons. The van der Waals surface area contributed by atoms with Gasteiger partial charge in [-0.1, -0.05) is 176 Å². The number of benzene rings is 11. The quantitative estimate of drug-likeness (QED) is 0.148. The van der Waals surface area contributed by atoms with Gasteiger partial charge in [-0.25, -0.2) is 0 Å². The first-order chi connectivity index (χ1) is 34.7. The van der Waals surface area contributed by atoms with Crippen LogP contribution in [0.5, 0.6) is 0 Å². The highest BCUT2D eigenvalue weighted by Crippen LogP contribution is 2.44. The van der Waals surface area contributed by atoms with Gasteiger partial charge >= 0.3 is 0 Å². The van der Waals surface area contributed by atoms with Crippen LogP contribution in [0.15, 0.2) is 261 Å². The zero-order valence-corrected chi connectivity index (χ0v) is 38.9. The molecule has 0 N–H and O–H groups in total. The Morgan fingerprint density at radius 1 is 0.257 bits per heavy atom. The van der Waals surface area contributed by atoms with E-state index >= 15 is 0 Å². The predicted molar refractivity (Wildman–Crippen MR) is 299 cm³/mol. The molecule has 14 rings (SSSR count). The van der Waals surface area contributed by atoms with Crippen LogP contribution in [-0.2, 0) is 0 Å². The van der Waals surface area contributed by atoms with Crippen LogP contribution in [0, 0.1) is 0 Å². The Bertz CT molecular complexity index is 3980. The number of para-hydroxylation sites is 6. The first kappa shape index (κ1) is 40.1. The average Bonchev–Trinajstić information content (AvgIpc) is 4.10. The van der Waals surface area contributed by atoms with Crippen molar-refractivity contribution in [3.05, 3.63) is 261 Å². The van der Waals surface area contributed by atoms with Crippen molar-refractivity contribution in [2.45, 2.75) is 0 Å². The molecule has 70 heavy (non-hydrogen) atoms. The van der Waals surface area contributed by atoms with E-state index in [9.17, 15) is 0 Å². The topological polar surface area (TPSA) is 13.1 Å². The summed E-state index contributed by atoms with van der Waals surface area (Å²) in [5, 5.41) is 7.65. The van der Waals surface area contributed by atoms with Crippen molar-refractivity contribution in [3.8, 4) is 44.8 Å². The molecule has 3 heterocycles. The van der Waals surface area contributed by atoms with Crippen molar-refractivity contribution in [1.82, 2.24) is 9.13 Å². The highest BCUT2D eigenvalue weighted by Gasteiger charge is 2.20. The highest BCUT2D eigenvalue weighted by molar-refractivity contribution is 7.25. The molecule has 0 bridgehead atoms. The molecule has 11 aromatic carbocycles. The van der Waals surface area contributed by atoms with E-state index in [-0.39, 0.29) is 0 Å². The Morgan fingerprint density at radius 2 is 0.586 bits per heavy atom. The predicted octanol–water partition coefficient (Wildman–Crippen LogP) is 18.7. The fourth-order valence-electron chi connectivity index (χ4n) is 11.0. The molecule has 0 amide bonds. The zero-order chi connectivity index (χ0) is 46.1. The van der Waals surface area contributed by atoms with Gasteiger partial charge in [0, 0.05) is 69.9 Å². The summed E-state index contributed by atoms with van der Waals surface area (Å²) < 4.78 is 7.46. The van der Waals surface area contributed by atoms with E-state index in [1.165, 1.54) is 86.0 Å². The first-order valence-electron chi connectivity index (χ1n) is 23.9. The summed E-state index contributed by atoms with van der Waals surface area (Å²) in [5.41, 5.74) is 17.5. The number of anilines is 3. The SMILES string of the molecule is c1ccc(-n2c3ccccc3c3ccccc32)c(-c2ccc(N(c3ccc(-c4ccccc4-n4c5ccccc5c5ccccc54)cc3)c3ccc(-c4cccc5sc6ccccc6c45)cc3)cc2)c1. The number of fused-ring (bicyclic) bond motifs is 9. The van der Waals surface area contributed by atoms with E-state index in [1.807, 2.05) is 11.3 Å². The lowest BCUT2D eigenvalue weighted by atomic mass is 9.98. The van der Waals surface area contributed by atoms with Crippen molar-refractivity contribution in [1.29, 1.82) is 0 Å². The molecule has 0 saturated carbocycles. The number of hydrogen-bond donors (Lipinski definition) is 0. The van der Waals surface area contributed by atoms with E-state index in [1.54, 1.807) is 0 Å². The Labute approximate surface area is 409 Å². The molecular formula is C66H43N3S. The molecule has 3 aromatic heterocycles. The summed E-state index contributed by atoms with van der Waals surface area (Å²) in [5.74, 6) is 0. The van der Waals surface area contributed by atoms with Gasteiger partial charge in [0.1, 0.15) is 0 Å². The minimum atomic E-state index is 1.08. The monoisotopic (exact) mass is 909 g/mol. The number of thiophene rings is 1. The molecule has 328 valence electrons. The molecule has 0 aliphatic rings. The van der Waals surface area contributed by atoms with Gasteiger partial charge in [0.15, 0.2) is 0 Å². The van der Waals surface area contributed by atoms with Crippen LogP contribution in [0.1, 0.15) is 0 Å². The normalized spacial score (nSPS) is 11.7. The summed E-state index contributed by atoms with van der Waals surface area (Å²) in [4.78, 5) is 2.38. The van der Waals surface area contributed by atoms with Gasteiger partial charge in [-0.15, -0.1) is 11.3 Å². The number of aromatic nitrogens is 2. The molecule has 14 aromatic rings. The van der Waals surface area contributed by atoms with Crippen molar-refractivity contribution < 1.29 is 0 Å². The van der Waals surface area contributed by atoms with E-state index in [2.05, 4.69) is 275 Å². The minimum absolute atomic E-state index is 1.08. The average molecular weight is 910 g/mol. The van der Waals surface area contributed by atoms with Crippen molar-refractivity contribution >= 4 is 92.2 Å². The number of rotatable bonds is 8. The minimum Gasteiger partial charge on any atom is -0.311 e. The maximum absolute atomic E-state index is 2.42. The maximum atomic E-state index is 2.42. The molecule has 4 heteroatoms. The van der Waals surface area contributed by atoms with Crippen LogP contribution < -0.4 is 4.90 Å². The van der Waals surface area contributed by atoms with E-state index in [0.29, 0.717) is 0 Å². The zero-order valence-electron chi connectivity index (χ0n) is 38.1. The second-order valence-corrected chi connectivity index (χ2v) is 19.1. The molecule has 0 atom stereocenters. The molecule has 0 aliphatic carbocycles. The number of nitrogens with zero attached hydrogens (tertiary/aromatic N) is 3. The first-order valence-corrected chi connectivity index (χ1v) is 24.7. The summed E-state index contributed by atoms with van der Waals surface area (Å²) in [6.45, 7) is 0. The van der Waals surface area contributed by atoms with Gasteiger partial charge in [0.05, 0.1) is 33.4 Å². The number of hydrogen-bond acceptors (Lipinski definition) is 2. The summed E-state index contributed by atoms with van der Waals surface area (Å²) >= 11 is 1.86. The second-order valence-electron chi connectivity index (χ2n) is 18.0.